The van der Waals surface area contributed by atoms with E-state index >= 15 is 0 Å². The number of carbonyl (C=O) groups excluding carboxylic acids is 1. The van der Waals surface area contributed by atoms with Crippen LogP contribution in [0.4, 0.5) is 5.69 Å². The molecule has 0 aliphatic carbocycles. The first kappa shape index (κ1) is 23.7. The summed E-state index contributed by atoms with van der Waals surface area (Å²) in [6.45, 7) is 6.26. The number of carbonyl (C=O) groups is 1. The number of pyridine rings is 1. The fourth-order valence-corrected chi connectivity index (χ4v) is 4.24. The predicted molar refractivity (Wildman–Crippen MR) is 125 cm³/mol. The van der Waals surface area contributed by atoms with Crippen molar-refractivity contribution in [3.05, 3.63) is 47.7 Å². The number of amides is 1. The molecule has 2 aromatic heterocycles. The Bertz CT molecular complexity index is 948. The molecule has 1 aromatic carbocycles. The SMILES string of the molecule is C=Nc1cc(-c2cccnc2)cc(-c2nc(CO)cs2)c1SCNC.CCNC=O. The average Bonchev–Trinajstić information content (AvgIpc) is 3.28. The van der Waals surface area contributed by atoms with Crippen molar-refractivity contribution in [3.8, 4) is 21.7 Å². The van der Waals surface area contributed by atoms with Gasteiger partial charge in [-0.3, -0.25) is 14.8 Å². The highest BCUT2D eigenvalue weighted by Crippen LogP contribution is 2.42. The molecular formula is C21H25N5O2S2. The zero-order valence-corrected chi connectivity index (χ0v) is 18.6. The number of hydrogen-bond donors (Lipinski definition) is 3. The van der Waals surface area contributed by atoms with Crippen LogP contribution in [0, 0.1) is 0 Å². The van der Waals surface area contributed by atoms with Crippen LogP contribution < -0.4 is 10.6 Å². The maximum atomic E-state index is 9.33. The summed E-state index contributed by atoms with van der Waals surface area (Å²) in [6.07, 6.45) is 4.26. The van der Waals surface area contributed by atoms with Crippen molar-refractivity contribution in [1.82, 2.24) is 20.6 Å². The third kappa shape index (κ3) is 6.46. The minimum Gasteiger partial charge on any atom is -0.390 e. The van der Waals surface area contributed by atoms with Crippen molar-refractivity contribution in [2.45, 2.75) is 18.4 Å². The lowest BCUT2D eigenvalue weighted by atomic mass is 10.0. The van der Waals surface area contributed by atoms with Gasteiger partial charge in [-0.05, 0) is 44.5 Å². The van der Waals surface area contributed by atoms with E-state index in [2.05, 4.69) is 38.4 Å². The van der Waals surface area contributed by atoms with E-state index in [0.717, 1.165) is 44.7 Å². The van der Waals surface area contributed by atoms with Crippen LogP contribution in [0.25, 0.3) is 21.7 Å². The number of thiazole rings is 1. The molecule has 30 heavy (non-hydrogen) atoms. The van der Waals surface area contributed by atoms with Crippen LogP contribution in [0.1, 0.15) is 12.6 Å². The lowest BCUT2D eigenvalue weighted by Gasteiger charge is -2.13. The molecule has 0 saturated carbocycles. The molecule has 0 aliphatic heterocycles. The smallest absolute Gasteiger partial charge is 0.207 e. The summed E-state index contributed by atoms with van der Waals surface area (Å²) in [6, 6.07) is 8.04. The van der Waals surface area contributed by atoms with Gasteiger partial charge < -0.3 is 15.7 Å². The number of rotatable bonds is 9. The molecule has 7 nitrogen and oxygen atoms in total. The molecule has 0 radical (unpaired) electrons. The number of thioether (sulfide) groups is 1. The summed E-state index contributed by atoms with van der Waals surface area (Å²) in [5.41, 5.74) is 4.51. The van der Waals surface area contributed by atoms with Crippen molar-refractivity contribution >= 4 is 41.9 Å². The Morgan fingerprint density at radius 3 is 2.73 bits per heavy atom. The third-order valence-corrected chi connectivity index (χ3v) is 5.90. The van der Waals surface area contributed by atoms with Gasteiger partial charge in [0.15, 0.2) is 0 Å². The molecule has 158 valence electrons. The van der Waals surface area contributed by atoms with Crippen molar-refractivity contribution < 1.29 is 9.90 Å². The van der Waals surface area contributed by atoms with E-state index in [9.17, 15) is 9.90 Å². The highest BCUT2D eigenvalue weighted by Gasteiger charge is 2.16. The Morgan fingerprint density at radius 1 is 1.37 bits per heavy atom. The molecule has 3 aromatic rings. The molecule has 9 heteroatoms. The first-order valence-corrected chi connectivity index (χ1v) is 11.1. The summed E-state index contributed by atoms with van der Waals surface area (Å²) in [5.74, 6) is 0.750. The van der Waals surface area contributed by atoms with Crippen LogP contribution in [0.5, 0.6) is 0 Å². The fraction of sp³-hybridized carbons (Fsp3) is 0.238. The van der Waals surface area contributed by atoms with Gasteiger partial charge >= 0.3 is 0 Å². The van der Waals surface area contributed by atoms with E-state index in [4.69, 9.17) is 0 Å². The molecule has 0 bridgehead atoms. The average molecular weight is 444 g/mol. The largest absolute Gasteiger partial charge is 0.390 e. The molecule has 2 heterocycles. The fourth-order valence-electron chi connectivity index (χ4n) is 2.47. The normalized spacial score (nSPS) is 10.1. The molecule has 3 rings (SSSR count). The number of aliphatic imine (C=N–C) groups is 1. The Hall–Kier alpha value is -2.59. The first-order valence-electron chi connectivity index (χ1n) is 9.23. The molecule has 3 N–H and O–H groups in total. The van der Waals surface area contributed by atoms with Gasteiger partial charge in [0.1, 0.15) is 5.01 Å². The number of nitrogens with one attached hydrogen (secondary N) is 2. The summed E-state index contributed by atoms with van der Waals surface area (Å²) in [4.78, 5) is 23.3. The van der Waals surface area contributed by atoms with Crippen LogP contribution >= 0.6 is 23.1 Å². The Morgan fingerprint density at radius 2 is 2.20 bits per heavy atom. The van der Waals surface area contributed by atoms with Gasteiger partial charge in [-0.25, -0.2) is 4.98 Å². The van der Waals surface area contributed by atoms with Gasteiger partial charge in [0.25, 0.3) is 0 Å². The molecule has 0 aliphatic rings. The van der Waals surface area contributed by atoms with Crippen LogP contribution in [0.2, 0.25) is 0 Å². The Kier molecular flexibility index (Phi) is 10.2. The van der Waals surface area contributed by atoms with Crippen molar-refractivity contribution in [3.63, 3.8) is 0 Å². The molecule has 0 unspecified atom stereocenters. The number of hydrogen-bond acceptors (Lipinski definition) is 8. The number of aliphatic hydroxyl groups is 1. The van der Waals surface area contributed by atoms with Gasteiger partial charge in [0.2, 0.25) is 6.41 Å². The second kappa shape index (κ2) is 12.9. The van der Waals surface area contributed by atoms with Crippen LogP contribution in [-0.4, -0.2) is 47.7 Å². The molecule has 0 spiro atoms. The molecule has 0 fully saturated rings. The number of aliphatic hydroxyl groups excluding tert-OH is 1. The van der Waals surface area contributed by atoms with Gasteiger partial charge in [0.05, 0.1) is 18.0 Å². The highest BCUT2D eigenvalue weighted by molar-refractivity contribution is 7.99. The second-order valence-corrected chi connectivity index (χ2v) is 7.74. The van der Waals surface area contributed by atoms with Crippen LogP contribution in [0.15, 0.2) is 51.9 Å². The summed E-state index contributed by atoms with van der Waals surface area (Å²) >= 11 is 3.17. The van der Waals surface area contributed by atoms with Crippen molar-refractivity contribution in [1.29, 1.82) is 0 Å². The standard InChI is InChI=1S/C18H18N4OS2.C3H7NO/c1-19-11-25-17-15(18-22-14(9-23)10-24-18)6-13(7-16(17)20-2)12-4-3-5-21-8-12;1-2-4-3-5/h3-8,10,19,23H,2,9,11H2,1H3;3H,2H2,1H3,(H,4,5). The molecule has 0 saturated heterocycles. The van der Waals surface area contributed by atoms with Gasteiger partial charge in [-0.15, -0.1) is 23.1 Å². The third-order valence-electron chi connectivity index (χ3n) is 3.83. The highest BCUT2D eigenvalue weighted by atomic mass is 32.2. The van der Waals surface area contributed by atoms with Crippen molar-refractivity contribution in [2.24, 2.45) is 4.99 Å². The van der Waals surface area contributed by atoms with E-state index in [-0.39, 0.29) is 6.61 Å². The van der Waals surface area contributed by atoms with E-state index in [1.54, 1.807) is 18.0 Å². The zero-order chi connectivity index (χ0) is 21.8. The van der Waals surface area contributed by atoms with Gasteiger partial charge in [0, 0.05) is 46.2 Å². The Balaban J connectivity index is 0.000000575. The lowest BCUT2D eigenvalue weighted by molar-refractivity contribution is -0.109. The second-order valence-electron chi connectivity index (χ2n) is 5.89. The zero-order valence-electron chi connectivity index (χ0n) is 17.0. The number of nitrogens with zero attached hydrogens (tertiary/aromatic N) is 3. The summed E-state index contributed by atoms with van der Waals surface area (Å²) in [5, 5.41) is 17.6. The van der Waals surface area contributed by atoms with E-state index < -0.39 is 0 Å². The summed E-state index contributed by atoms with van der Waals surface area (Å²) in [7, 11) is 1.91. The molecular weight excluding hydrogens is 418 g/mol. The van der Waals surface area contributed by atoms with E-state index in [1.807, 2.05) is 43.7 Å². The van der Waals surface area contributed by atoms with Crippen LogP contribution in [-0.2, 0) is 11.4 Å². The van der Waals surface area contributed by atoms with E-state index in [0.29, 0.717) is 12.1 Å². The van der Waals surface area contributed by atoms with Gasteiger partial charge in [-0.2, -0.15) is 0 Å². The minimum atomic E-state index is -0.0651. The maximum absolute atomic E-state index is 9.33. The quantitative estimate of drug-likeness (QED) is 0.202. The van der Waals surface area contributed by atoms with Gasteiger partial charge in [-0.1, -0.05) is 6.07 Å². The number of benzene rings is 1. The van der Waals surface area contributed by atoms with Crippen LogP contribution in [0.3, 0.4) is 0 Å². The van der Waals surface area contributed by atoms with Crippen molar-refractivity contribution in [2.75, 3.05) is 19.5 Å². The monoisotopic (exact) mass is 443 g/mol. The molecule has 0 atom stereocenters. The maximum Gasteiger partial charge on any atom is 0.207 e. The number of aromatic nitrogens is 2. The van der Waals surface area contributed by atoms with E-state index in [1.165, 1.54) is 11.3 Å². The first-order chi connectivity index (χ1) is 14.7. The topological polar surface area (TPSA) is 99.5 Å². The predicted octanol–water partition coefficient (Wildman–Crippen LogP) is 3.72. The Labute approximate surface area is 184 Å². The minimum absolute atomic E-state index is 0.0651. The summed E-state index contributed by atoms with van der Waals surface area (Å²) < 4.78 is 0. The molecule has 1 amide bonds. The lowest BCUT2D eigenvalue weighted by Crippen LogP contribution is -2.07.